The Morgan fingerprint density at radius 3 is 2.33 bits per heavy atom. The monoisotopic (exact) mass is 193 g/mol. The van der Waals surface area contributed by atoms with E-state index >= 15 is 0 Å². The molecule has 0 unspecified atom stereocenters. The van der Waals surface area contributed by atoms with E-state index in [1.165, 1.54) is 0 Å². The molecule has 0 bridgehead atoms. The van der Waals surface area contributed by atoms with Crippen LogP contribution in [0.5, 0.6) is 0 Å². The first kappa shape index (κ1) is 9.95. The average molecular weight is 193 g/mol. The van der Waals surface area contributed by atoms with Crippen LogP contribution in [0.1, 0.15) is 25.7 Å². The molecular weight excluding hydrogens is 178 g/mol. The van der Waals surface area contributed by atoms with E-state index in [1.54, 1.807) is 0 Å². The minimum absolute atomic E-state index is 0.131. The molecular formula is C7H15NO3S. The predicted molar refractivity (Wildman–Crippen MR) is 46.2 cm³/mol. The van der Waals surface area contributed by atoms with Crippen molar-refractivity contribution < 1.29 is 12.6 Å². The van der Waals surface area contributed by atoms with Crippen LogP contribution in [0.3, 0.4) is 0 Å². The van der Waals surface area contributed by atoms with Crippen LogP contribution >= 0.6 is 0 Å². The highest BCUT2D eigenvalue weighted by Gasteiger charge is 2.30. The maximum atomic E-state index is 10.7. The van der Waals surface area contributed by atoms with Crippen LogP contribution in [0.25, 0.3) is 0 Å². The van der Waals surface area contributed by atoms with Crippen molar-refractivity contribution in [2.45, 2.75) is 31.2 Å². The van der Waals surface area contributed by atoms with Crippen molar-refractivity contribution in [1.29, 1.82) is 0 Å². The van der Waals surface area contributed by atoms with Crippen LogP contribution in [0.15, 0.2) is 0 Å². The first-order valence-electron chi connectivity index (χ1n) is 4.05. The summed E-state index contributed by atoms with van der Waals surface area (Å²) >= 11 is 0. The Balaban J connectivity index is 2.41. The fourth-order valence-corrected chi connectivity index (χ4v) is 1.90. The van der Waals surface area contributed by atoms with Crippen molar-refractivity contribution in [2.75, 3.05) is 12.9 Å². The van der Waals surface area contributed by atoms with Crippen molar-refractivity contribution in [3.8, 4) is 0 Å². The smallest absolute Gasteiger partial charge is 0.264 e. The Morgan fingerprint density at radius 1 is 1.42 bits per heavy atom. The molecule has 0 aromatic rings. The molecule has 0 aromatic heterocycles. The minimum atomic E-state index is -3.33. The van der Waals surface area contributed by atoms with Crippen molar-refractivity contribution in [1.82, 2.24) is 0 Å². The van der Waals surface area contributed by atoms with Crippen molar-refractivity contribution in [3.05, 3.63) is 0 Å². The molecule has 0 aromatic carbocycles. The van der Waals surface area contributed by atoms with E-state index < -0.39 is 15.7 Å². The number of hydrogen-bond acceptors (Lipinski definition) is 4. The van der Waals surface area contributed by atoms with Gasteiger partial charge in [0, 0.05) is 5.54 Å². The second-order valence-electron chi connectivity index (χ2n) is 3.54. The van der Waals surface area contributed by atoms with Gasteiger partial charge in [-0.2, -0.15) is 8.42 Å². The van der Waals surface area contributed by atoms with Gasteiger partial charge in [0.2, 0.25) is 0 Å². The summed E-state index contributed by atoms with van der Waals surface area (Å²) in [7, 11) is -3.33. The highest BCUT2D eigenvalue weighted by atomic mass is 32.2. The highest BCUT2D eigenvalue weighted by molar-refractivity contribution is 7.85. The van der Waals surface area contributed by atoms with E-state index in [9.17, 15) is 8.42 Å². The molecule has 0 radical (unpaired) electrons. The fourth-order valence-electron chi connectivity index (χ4n) is 1.45. The number of nitrogens with two attached hydrogens (primary N) is 1. The van der Waals surface area contributed by atoms with Crippen LogP contribution < -0.4 is 5.73 Å². The summed E-state index contributed by atoms with van der Waals surface area (Å²) in [5.41, 5.74) is 5.48. The van der Waals surface area contributed by atoms with Crippen LogP contribution in [0, 0.1) is 0 Å². The molecule has 1 fully saturated rings. The summed E-state index contributed by atoms with van der Waals surface area (Å²) in [6.07, 6.45) is 4.92. The van der Waals surface area contributed by atoms with Gasteiger partial charge in [0.15, 0.2) is 0 Å². The summed E-state index contributed by atoms with van der Waals surface area (Å²) in [5.74, 6) is 0. The molecule has 1 saturated carbocycles. The van der Waals surface area contributed by atoms with Gasteiger partial charge in [-0.25, -0.2) is 0 Å². The summed E-state index contributed by atoms with van der Waals surface area (Å²) in [4.78, 5) is 0. The normalized spacial score (nSPS) is 22.8. The SMILES string of the molecule is CS(=O)(=O)OCC1(N)CCCC1. The molecule has 1 aliphatic carbocycles. The zero-order valence-electron chi connectivity index (χ0n) is 7.25. The lowest BCUT2D eigenvalue weighted by atomic mass is 10.0. The number of hydrogen-bond donors (Lipinski definition) is 1. The third-order valence-electron chi connectivity index (χ3n) is 2.16. The Kier molecular flexibility index (Phi) is 2.75. The highest BCUT2D eigenvalue weighted by Crippen LogP contribution is 2.27. The molecule has 1 rings (SSSR count). The Bertz CT molecular complexity index is 241. The standard InChI is InChI=1S/C7H15NO3S/c1-12(9,10)11-6-7(8)4-2-3-5-7/h2-6,8H2,1H3. The summed E-state index contributed by atoms with van der Waals surface area (Å²) in [6, 6.07) is 0. The first-order valence-corrected chi connectivity index (χ1v) is 5.86. The second-order valence-corrected chi connectivity index (χ2v) is 5.18. The van der Waals surface area contributed by atoms with Gasteiger partial charge in [-0.05, 0) is 12.8 Å². The zero-order valence-corrected chi connectivity index (χ0v) is 8.06. The van der Waals surface area contributed by atoms with E-state index in [2.05, 4.69) is 4.18 Å². The first-order chi connectivity index (χ1) is 5.41. The lowest BCUT2D eigenvalue weighted by Gasteiger charge is -2.21. The molecule has 0 atom stereocenters. The van der Waals surface area contributed by atoms with Crippen LogP contribution in [0.4, 0.5) is 0 Å². The predicted octanol–water partition coefficient (Wildman–Crippen LogP) is 0.234. The fraction of sp³-hybridized carbons (Fsp3) is 1.00. The van der Waals surface area contributed by atoms with Gasteiger partial charge in [-0.15, -0.1) is 0 Å². The molecule has 0 spiro atoms. The molecule has 0 aliphatic heterocycles. The van der Waals surface area contributed by atoms with Crippen LogP contribution in [0.2, 0.25) is 0 Å². The van der Waals surface area contributed by atoms with E-state index in [0.29, 0.717) is 0 Å². The zero-order chi connectivity index (χ0) is 9.24. The van der Waals surface area contributed by atoms with Gasteiger partial charge in [-0.3, -0.25) is 4.18 Å². The van der Waals surface area contributed by atoms with E-state index in [0.717, 1.165) is 31.9 Å². The number of rotatable bonds is 3. The molecule has 1 aliphatic rings. The molecule has 0 saturated heterocycles. The van der Waals surface area contributed by atoms with Crippen LogP contribution in [-0.4, -0.2) is 26.8 Å². The van der Waals surface area contributed by atoms with E-state index in [-0.39, 0.29) is 6.61 Å². The van der Waals surface area contributed by atoms with E-state index in [1.807, 2.05) is 0 Å². The lowest BCUT2D eigenvalue weighted by molar-refractivity contribution is 0.227. The Hall–Kier alpha value is -0.130. The molecule has 0 heterocycles. The molecule has 5 heteroatoms. The van der Waals surface area contributed by atoms with E-state index in [4.69, 9.17) is 5.73 Å². The van der Waals surface area contributed by atoms with Crippen molar-refractivity contribution in [2.24, 2.45) is 5.73 Å². The largest absolute Gasteiger partial charge is 0.323 e. The summed E-state index contributed by atoms with van der Waals surface area (Å²) in [5, 5.41) is 0. The topological polar surface area (TPSA) is 69.4 Å². The Morgan fingerprint density at radius 2 is 1.92 bits per heavy atom. The second kappa shape index (κ2) is 3.32. The van der Waals surface area contributed by atoms with Gasteiger partial charge in [-0.1, -0.05) is 12.8 Å². The molecule has 2 N–H and O–H groups in total. The third-order valence-corrected chi connectivity index (χ3v) is 2.71. The molecule has 72 valence electrons. The maximum absolute atomic E-state index is 10.7. The van der Waals surface area contributed by atoms with Gasteiger partial charge in [0.05, 0.1) is 12.9 Å². The quantitative estimate of drug-likeness (QED) is 0.652. The summed E-state index contributed by atoms with van der Waals surface area (Å²) in [6.45, 7) is 0.131. The average Bonchev–Trinajstić information content (AvgIpc) is 2.32. The Labute approximate surface area is 73.2 Å². The molecule has 0 amide bonds. The van der Waals surface area contributed by atoms with Crippen molar-refractivity contribution in [3.63, 3.8) is 0 Å². The van der Waals surface area contributed by atoms with Crippen molar-refractivity contribution >= 4 is 10.1 Å². The lowest BCUT2D eigenvalue weighted by Crippen LogP contribution is -2.42. The van der Waals surface area contributed by atoms with Crippen LogP contribution in [-0.2, 0) is 14.3 Å². The minimum Gasteiger partial charge on any atom is -0.323 e. The van der Waals surface area contributed by atoms with Gasteiger partial charge < -0.3 is 5.73 Å². The van der Waals surface area contributed by atoms with Gasteiger partial charge in [0.1, 0.15) is 0 Å². The molecule has 12 heavy (non-hydrogen) atoms. The van der Waals surface area contributed by atoms with Gasteiger partial charge >= 0.3 is 0 Å². The van der Waals surface area contributed by atoms with Gasteiger partial charge in [0.25, 0.3) is 10.1 Å². The summed E-state index contributed by atoms with van der Waals surface area (Å²) < 4.78 is 26.0. The third kappa shape index (κ3) is 3.08. The molecule has 4 nitrogen and oxygen atoms in total. The maximum Gasteiger partial charge on any atom is 0.264 e.